The number of nitrogens with two attached hydrogens (primary N) is 3. The summed E-state index contributed by atoms with van der Waals surface area (Å²) in [6.45, 7) is 2.81. The van der Waals surface area contributed by atoms with Gasteiger partial charge < -0.3 is 72.0 Å². The van der Waals surface area contributed by atoms with Gasteiger partial charge in [0, 0.05) is 84.2 Å². The van der Waals surface area contributed by atoms with Crippen LogP contribution in [0.1, 0.15) is 119 Å². The number of fused-ring (bicyclic) bond motifs is 4. The van der Waals surface area contributed by atoms with Gasteiger partial charge in [-0.1, -0.05) is 77.8 Å². The maximum atomic E-state index is 13.9. The van der Waals surface area contributed by atoms with Gasteiger partial charge in [-0.2, -0.15) is 0 Å². The number of aromatic nitrogens is 2. The SMILES string of the molecule is Cc1c(NC(=O)COc2ccc(Cl)cc2)cccc1C(=O)N1CCC[C@]12C[C@H]1SCC[C@H](C(N)=O)N1C2=O.NC(=O)[C@H]1CCS[C@@H]2C[C@]3(CCCN3C(=O)Cc3ccc(NC(=O)COc4cccc5ccccc45)cc3)C(=O)N12.NC(=O)[C@H]1CCS[C@@H]2C[C@]3(CCCN3C(=O)c3ccc(Cl)c(NC(=O)c4cnccn4)c3)C(=O)N12. The first-order chi connectivity index (χ1) is 54.9. The molecule has 114 heavy (non-hydrogen) atoms. The fourth-order valence-corrected chi connectivity index (χ4v) is 21.8. The number of anilines is 3. The molecule has 0 saturated carbocycles. The molecular formula is C81H84Cl2N14O14S3. The first-order valence-corrected chi connectivity index (χ1v) is 41.6. The number of halogens is 2. The second kappa shape index (κ2) is 33.9. The van der Waals surface area contributed by atoms with E-state index >= 15 is 0 Å². The van der Waals surface area contributed by atoms with Crippen LogP contribution in [0.15, 0.2) is 146 Å². The lowest BCUT2D eigenvalue weighted by atomic mass is 9.93. The molecule has 10 heterocycles. The van der Waals surface area contributed by atoms with Crippen molar-refractivity contribution in [3.05, 3.63) is 184 Å². The highest BCUT2D eigenvalue weighted by atomic mass is 35.5. The average molecular weight is 1640 g/mol. The molecule has 9 saturated heterocycles. The summed E-state index contributed by atoms with van der Waals surface area (Å²) in [6, 6.07) is 35.2. The van der Waals surface area contributed by atoms with E-state index < -0.39 is 58.4 Å². The molecule has 0 radical (unpaired) electrons. The summed E-state index contributed by atoms with van der Waals surface area (Å²) >= 11 is 17.1. The third-order valence-corrected chi connectivity index (χ3v) is 27.0. The maximum absolute atomic E-state index is 13.9. The van der Waals surface area contributed by atoms with Gasteiger partial charge in [-0.15, -0.1) is 35.3 Å². The van der Waals surface area contributed by atoms with E-state index in [2.05, 4.69) is 25.9 Å². The van der Waals surface area contributed by atoms with Crippen molar-refractivity contribution < 1.29 is 67.0 Å². The molecule has 1 aromatic heterocycles. The number of rotatable bonds is 17. The number of thioether (sulfide) groups is 3. The minimum Gasteiger partial charge on any atom is -0.484 e. The van der Waals surface area contributed by atoms with Crippen LogP contribution in [0.4, 0.5) is 17.1 Å². The summed E-state index contributed by atoms with van der Waals surface area (Å²) < 4.78 is 11.3. The molecule has 6 aromatic carbocycles. The molecule has 594 valence electrons. The summed E-state index contributed by atoms with van der Waals surface area (Å²) in [4.78, 5) is 174. The molecule has 7 aromatic rings. The van der Waals surface area contributed by atoms with Gasteiger partial charge in [0.15, 0.2) is 13.2 Å². The molecule has 16 rings (SSSR count). The largest absolute Gasteiger partial charge is 0.484 e. The summed E-state index contributed by atoms with van der Waals surface area (Å²) in [7, 11) is 0. The molecule has 0 unspecified atom stereocenters. The van der Waals surface area contributed by atoms with Crippen LogP contribution in [0.5, 0.6) is 11.5 Å². The third kappa shape index (κ3) is 16.0. The summed E-state index contributed by atoms with van der Waals surface area (Å²) in [6.07, 6.45) is 11.2. The number of benzene rings is 6. The molecular weight excluding hydrogens is 1560 g/mol. The number of nitrogens with one attached hydrogen (secondary N) is 3. The molecule has 9 atom stereocenters. The predicted octanol–water partition coefficient (Wildman–Crippen LogP) is 8.41. The van der Waals surface area contributed by atoms with Crippen LogP contribution < -0.4 is 42.6 Å². The summed E-state index contributed by atoms with van der Waals surface area (Å²) in [5, 5.41) is 10.6. The number of amides is 12. The molecule has 9 aliphatic heterocycles. The second-order valence-electron chi connectivity index (χ2n) is 29.4. The van der Waals surface area contributed by atoms with Gasteiger partial charge >= 0.3 is 0 Å². The zero-order valence-electron chi connectivity index (χ0n) is 62.2. The Kier molecular flexibility index (Phi) is 23.8. The smallest absolute Gasteiger partial charge is 0.275 e. The number of primary amides is 3. The first kappa shape index (κ1) is 80.1. The van der Waals surface area contributed by atoms with Crippen molar-refractivity contribution in [1.82, 2.24) is 39.4 Å². The monoisotopic (exact) mass is 1640 g/mol. The van der Waals surface area contributed by atoms with E-state index in [0.717, 1.165) is 40.0 Å². The Morgan fingerprint density at radius 2 is 1.08 bits per heavy atom. The van der Waals surface area contributed by atoms with Gasteiger partial charge in [0.05, 0.1) is 39.4 Å². The number of hydrogen-bond donors (Lipinski definition) is 6. The van der Waals surface area contributed by atoms with Gasteiger partial charge in [-0.25, -0.2) is 4.98 Å². The van der Waals surface area contributed by atoms with Gasteiger partial charge in [-0.3, -0.25) is 62.5 Å². The third-order valence-electron chi connectivity index (χ3n) is 22.7. The van der Waals surface area contributed by atoms with Gasteiger partial charge in [-0.05, 0) is 171 Å². The Morgan fingerprint density at radius 1 is 0.553 bits per heavy atom. The number of carbonyl (C=O) groups excluding carboxylic acids is 12. The number of likely N-dealkylation sites (tertiary alicyclic amines) is 3. The summed E-state index contributed by atoms with van der Waals surface area (Å²) in [5.74, 6) is -0.526. The van der Waals surface area contributed by atoms with Crippen LogP contribution in [0.2, 0.25) is 10.0 Å². The highest BCUT2D eigenvalue weighted by Gasteiger charge is 2.64. The highest BCUT2D eigenvalue weighted by molar-refractivity contribution is 8.00. The highest BCUT2D eigenvalue weighted by Crippen LogP contribution is 2.52. The van der Waals surface area contributed by atoms with E-state index in [1.165, 1.54) is 30.7 Å². The summed E-state index contributed by atoms with van der Waals surface area (Å²) in [5.41, 5.74) is 17.5. The standard InChI is InChI=1S/C31H32N4O5S.C27H29ClN4O5S.C23H23ClN6O4S/c32-29(38)24-13-16-41-28-18-31(30(39)35(24)28)14-4-15-34(31)27(37)17-20-9-11-22(12-10-20)33-26(36)19-40-25-8-3-6-21-5-1-2-7-23(21)25;1-16-19(4-2-5-20(16)30-22(33)15-37-18-8-6-17(28)7-9-18)25(35)31-12-3-11-27(31)14-23-32(26(27)36)21(24(29)34)10-13-38-23;24-14-3-2-13(10-15(14)28-20(32)16-12-26-6-7-27-16)21(33)29-8-1-5-23(29)11-18-30(22(23)34)17(19(25)31)4-9-35-18/h1-3,5-12,24,28H,4,13-19H2,(H2,32,38)(H,33,36);2,4-9,21,23H,3,10-15H2,1H3,(H2,29,34)(H,30,33);2-3,6-7,10,12,17-18H,1,4-5,8-9,11H2,(H2,25,31)(H,28,32)/t24-,28-,31-;21-,23-,27-;17-,18-,23-/m111/s1. The molecule has 3 spiro atoms. The molecule has 28 nitrogen and oxygen atoms in total. The Morgan fingerprint density at radius 3 is 1.65 bits per heavy atom. The quantitative estimate of drug-likeness (QED) is 0.0498. The Labute approximate surface area is 679 Å². The van der Waals surface area contributed by atoms with Crippen LogP contribution >= 0.6 is 58.5 Å². The van der Waals surface area contributed by atoms with E-state index in [1.807, 2.05) is 42.5 Å². The lowest BCUT2D eigenvalue weighted by Crippen LogP contribution is -2.57. The van der Waals surface area contributed by atoms with E-state index in [9.17, 15) is 57.5 Å². The number of hydrogen-bond acceptors (Lipinski definition) is 19. The minimum absolute atomic E-state index is 0.105. The average Bonchev–Trinajstić information content (AvgIpc) is 1.58. The molecule has 0 bridgehead atoms. The van der Waals surface area contributed by atoms with Crippen LogP contribution in [0.25, 0.3) is 10.8 Å². The second-order valence-corrected chi connectivity index (χ2v) is 34.1. The van der Waals surface area contributed by atoms with Gasteiger partial charge in [0.2, 0.25) is 41.4 Å². The lowest BCUT2D eigenvalue weighted by molar-refractivity contribution is -0.148. The van der Waals surface area contributed by atoms with Crippen molar-refractivity contribution in [2.75, 3.05) is 66.1 Å². The van der Waals surface area contributed by atoms with Crippen molar-refractivity contribution in [2.45, 2.75) is 141 Å². The Hall–Kier alpha value is -10.5. The van der Waals surface area contributed by atoms with Crippen molar-refractivity contribution in [1.29, 1.82) is 0 Å². The van der Waals surface area contributed by atoms with E-state index in [-0.39, 0.29) is 99.4 Å². The van der Waals surface area contributed by atoms with Crippen LogP contribution in [-0.4, -0.2) is 211 Å². The zero-order valence-corrected chi connectivity index (χ0v) is 66.1. The van der Waals surface area contributed by atoms with E-state index in [0.29, 0.717) is 135 Å². The van der Waals surface area contributed by atoms with Crippen LogP contribution in [0.3, 0.4) is 0 Å². The number of nitrogens with zero attached hydrogens (tertiary/aromatic N) is 8. The predicted molar refractivity (Wildman–Crippen MR) is 432 cm³/mol. The Bertz CT molecular complexity index is 4980. The number of ether oxygens (including phenoxy) is 2. The topological polar surface area (TPSA) is 383 Å². The Balaban J connectivity index is 0.000000142. The van der Waals surface area contributed by atoms with E-state index in [4.69, 9.17) is 49.9 Å². The number of carbonyl (C=O) groups is 12. The molecule has 12 amide bonds. The first-order valence-electron chi connectivity index (χ1n) is 37.7. The fourth-order valence-electron chi connectivity index (χ4n) is 17.2. The van der Waals surface area contributed by atoms with Crippen LogP contribution in [0, 0.1) is 6.92 Å². The van der Waals surface area contributed by atoms with E-state index in [1.54, 1.807) is 144 Å². The van der Waals surface area contributed by atoms with Crippen LogP contribution in [-0.2, 0) is 49.6 Å². The fraction of sp³-hybridized carbons (Fsp3) is 0.383. The molecule has 9 fully saturated rings. The van der Waals surface area contributed by atoms with Gasteiger partial charge in [0.1, 0.15) is 51.9 Å². The minimum atomic E-state index is -1.00. The molecule has 33 heteroatoms. The zero-order chi connectivity index (χ0) is 80.3. The van der Waals surface area contributed by atoms with Crippen molar-refractivity contribution in [3.63, 3.8) is 0 Å². The van der Waals surface area contributed by atoms with Crippen molar-refractivity contribution in [2.24, 2.45) is 17.2 Å². The molecule has 0 aliphatic carbocycles. The lowest BCUT2D eigenvalue weighted by Gasteiger charge is -2.36. The normalized spacial score (nSPS) is 24.5. The van der Waals surface area contributed by atoms with Crippen molar-refractivity contribution >= 4 is 157 Å². The van der Waals surface area contributed by atoms with Gasteiger partial charge in [0.25, 0.3) is 29.5 Å². The maximum Gasteiger partial charge on any atom is 0.275 e. The molecule has 9 N–H and O–H groups in total. The van der Waals surface area contributed by atoms with Crippen molar-refractivity contribution in [3.8, 4) is 11.5 Å². The molecule has 9 aliphatic rings.